The second kappa shape index (κ2) is 3.98. The number of carbonyl (C=O) groups is 2. The van der Waals surface area contributed by atoms with E-state index in [1.165, 1.54) is 19.2 Å². The van der Waals surface area contributed by atoms with Gasteiger partial charge in [0, 0.05) is 0 Å². The molecule has 5 nitrogen and oxygen atoms in total. The van der Waals surface area contributed by atoms with Crippen LogP contribution in [0.4, 0.5) is 5.69 Å². The van der Waals surface area contributed by atoms with Gasteiger partial charge in [-0.25, -0.2) is 4.79 Å². The molecule has 2 N–H and O–H groups in total. The third kappa shape index (κ3) is 1.77. The Morgan fingerprint density at radius 2 is 2.26 bits per heavy atom. The Bertz CT molecular complexity index is 565. The van der Waals surface area contributed by atoms with Crippen LogP contribution in [0, 0.1) is 11.3 Å². The molecule has 2 fully saturated rings. The molecule has 1 aromatic carbocycles. The molecule has 2 saturated carbocycles. The number of aromatic carboxylic acids is 1. The Labute approximate surface area is 110 Å². The summed E-state index contributed by atoms with van der Waals surface area (Å²) in [6, 6.07) is 4.46. The Kier molecular flexibility index (Phi) is 2.52. The summed E-state index contributed by atoms with van der Waals surface area (Å²) in [6.45, 7) is 0. The van der Waals surface area contributed by atoms with E-state index in [-0.39, 0.29) is 16.9 Å². The number of nitrogens with one attached hydrogen (secondary N) is 1. The third-order valence-corrected chi connectivity index (χ3v) is 4.32. The van der Waals surface area contributed by atoms with E-state index in [0.29, 0.717) is 17.4 Å². The number of carbonyl (C=O) groups excluding carboxylic acids is 1. The molecule has 2 unspecified atom stereocenters. The SMILES string of the molecule is COc1cc(C(=O)O)ccc1NC(=O)C12CCC1C2. The molecule has 19 heavy (non-hydrogen) atoms. The van der Waals surface area contributed by atoms with E-state index in [1.807, 2.05) is 0 Å². The van der Waals surface area contributed by atoms with Gasteiger partial charge in [0.05, 0.1) is 23.8 Å². The number of fused-ring (bicyclic) bond motifs is 1. The van der Waals surface area contributed by atoms with E-state index < -0.39 is 5.97 Å². The van der Waals surface area contributed by atoms with Crippen molar-refractivity contribution in [2.45, 2.75) is 19.3 Å². The number of carboxylic acids is 1. The van der Waals surface area contributed by atoms with Crippen LogP contribution in [0.3, 0.4) is 0 Å². The summed E-state index contributed by atoms with van der Waals surface area (Å²) < 4.78 is 5.14. The van der Waals surface area contributed by atoms with Crippen LogP contribution in [0.1, 0.15) is 29.6 Å². The molecule has 2 aliphatic carbocycles. The molecule has 0 spiro atoms. The van der Waals surface area contributed by atoms with E-state index >= 15 is 0 Å². The first-order valence-corrected chi connectivity index (χ1v) is 6.29. The van der Waals surface area contributed by atoms with Crippen molar-refractivity contribution in [3.05, 3.63) is 23.8 Å². The van der Waals surface area contributed by atoms with E-state index in [4.69, 9.17) is 9.84 Å². The zero-order valence-corrected chi connectivity index (χ0v) is 10.6. The molecule has 2 aliphatic rings. The molecule has 0 bridgehead atoms. The van der Waals surface area contributed by atoms with Gasteiger partial charge in [-0.15, -0.1) is 0 Å². The Morgan fingerprint density at radius 1 is 1.47 bits per heavy atom. The second-order valence-corrected chi connectivity index (χ2v) is 5.27. The molecule has 3 rings (SSSR count). The summed E-state index contributed by atoms with van der Waals surface area (Å²) in [7, 11) is 1.46. The van der Waals surface area contributed by atoms with Crippen LogP contribution in [-0.4, -0.2) is 24.1 Å². The fraction of sp³-hybridized carbons (Fsp3) is 0.429. The quantitative estimate of drug-likeness (QED) is 0.870. The van der Waals surface area contributed by atoms with Crippen molar-refractivity contribution in [1.29, 1.82) is 0 Å². The van der Waals surface area contributed by atoms with E-state index in [1.54, 1.807) is 6.07 Å². The minimum Gasteiger partial charge on any atom is -0.495 e. The van der Waals surface area contributed by atoms with Crippen LogP contribution >= 0.6 is 0 Å². The maximum Gasteiger partial charge on any atom is 0.335 e. The first-order chi connectivity index (χ1) is 9.06. The topological polar surface area (TPSA) is 75.6 Å². The molecule has 2 atom stereocenters. The number of amides is 1. The van der Waals surface area contributed by atoms with Gasteiger partial charge in [0.2, 0.25) is 5.91 Å². The van der Waals surface area contributed by atoms with Crippen LogP contribution in [0.2, 0.25) is 0 Å². The zero-order chi connectivity index (χ0) is 13.6. The Hall–Kier alpha value is -2.04. The average Bonchev–Trinajstić information content (AvgIpc) is 2.92. The maximum atomic E-state index is 12.2. The van der Waals surface area contributed by atoms with Crippen LogP contribution in [0.15, 0.2) is 18.2 Å². The largest absolute Gasteiger partial charge is 0.495 e. The number of methoxy groups -OCH3 is 1. The normalized spacial score (nSPS) is 26.9. The lowest BCUT2D eigenvalue weighted by atomic mass is 9.84. The summed E-state index contributed by atoms with van der Waals surface area (Å²) in [5.74, 6) is -0.0564. The highest BCUT2D eigenvalue weighted by molar-refractivity contribution is 6.00. The standard InChI is InChI=1S/C14H15NO4/c1-19-11-6-8(12(16)17)2-3-10(11)15-13(18)14-5-4-9(14)7-14/h2-3,6,9H,4-5,7H2,1H3,(H,15,18)(H,16,17). The summed E-state index contributed by atoms with van der Waals surface area (Å²) in [6.07, 6.45) is 3.08. The molecule has 0 aliphatic heterocycles. The minimum absolute atomic E-state index is 0.0325. The number of benzene rings is 1. The fourth-order valence-corrected chi connectivity index (χ4v) is 2.85. The highest BCUT2D eigenvalue weighted by Crippen LogP contribution is 2.67. The lowest BCUT2D eigenvalue weighted by Crippen LogP contribution is -2.31. The van der Waals surface area contributed by atoms with Gasteiger partial charge in [0.25, 0.3) is 0 Å². The fourth-order valence-electron chi connectivity index (χ4n) is 2.85. The van der Waals surface area contributed by atoms with Crippen LogP contribution < -0.4 is 10.1 Å². The van der Waals surface area contributed by atoms with Gasteiger partial charge in [-0.05, 0) is 43.4 Å². The molecule has 100 valence electrons. The summed E-state index contributed by atoms with van der Waals surface area (Å²) >= 11 is 0. The number of hydrogen-bond acceptors (Lipinski definition) is 3. The molecule has 5 heteroatoms. The minimum atomic E-state index is -1.02. The Morgan fingerprint density at radius 3 is 2.74 bits per heavy atom. The first kappa shape index (κ1) is 12.0. The summed E-state index contributed by atoms with van der Waals surface area (Å²) in [5, 5.41) is 11.8. The summed E-state index contributed by atoms with van der Waals surface area (Å²) in [5.41, 5.74) is 0.529. The number of rotatable bonds is 4. The van der Waals surface area contributed by atoms with Gasteiger partial charge in [-0.1, -0.05) is 0 Å². The van der Waals surface area contributed by atoms with Gasteiger partial charge >= 0.3 is 5.97 Å². The van der Waals surface area contributed by atoms with Crippen molar-refractivity contribution in [1.82, 2.24) is 0 Å². The van der Waals surface area contributed by atoms with Crippen molar-refractivity contribution >= 4 is 17.6 Å². The van der Waals surface area contributed by atoms with Crippen molar-refractivity contribution in [3.63, 3.8) is 0 Å². The van der Waals surface area contributed by atoms with Crippen molar-refractivity contribution in [2.75, 3.05) is 12.4 Å². The van der Waals surface area contributed by atoms with Crippen LogP contribution in [0.25, 0.3) is 0 Å². The predicted octanol–water partition coefficient (Wildman–Crippen LogP) is 2.13. The molecule has 1 amide bonds. The smallest absolute Gasteiger partial charge is 0.335 e. The highest BCUT2D eigenvalue weighted by Gasteiger charge is 2.65. The lowest BCUT2D eigenvalue weighted by molar-refractivity contribution is -0.123. The van der Waals surface area contributed by atoms with Gasteiger partial charge in [-0.3, -0.25) is 4.79 Å². The van der Waals surface area contributed by atoms with E-state index in [2.05, 4.69) is 5.32 Å². The average molecular weight is 261 g/mol. The van der Waals surface area contributed by atoms with Gasteiger partial charge in [-0.2, -0.15) is 0 Å². The molecule has 0 saturated heterocycles. The molecular formula is C14H15NO4. The monoisotopic (exact) mass is 261 g/mol. The van der Waals surface area contributed by atoms with Gasteiger partial charge in [0.1, 0.15) is 5.75 Å². The second-order valence-electron chi connectivity index (χ2n) is 5.27. The number of anilines is 1. The maximum absolute atomic E-state index is 12.2. The molecule has 0 radical (unpaired) electrons. The number of ether oxygens (including phenoxy) is 1. The Balaban J connectivity index is 1.80. The first-order valence-electron chi connectivity index (χ1n) is 6.29. The third-order valence-electron chi connectivity index (χ3n) is 4.32. The van der Waals surface area contributed by atoms with Crippen LogP contribution in [0.5, 0.6) is 5.75 Å². The number of hydrogen-bond donors (Lipinski definition) is 2. The molecule has 1 aromatic rings. The van der Waals surface area contributed by atoms with Crippen molar-refractivity contribution in [2.24, 2.45) is 11.3 Å². The highest BCUT2D eigenvalue weighted by atomic mass is 16.5. The lowest BCUT2D eigenvalue weighted by Gasteiger charge is -2.24. The summed E-state index contributed by atoms with van der Waals surface area (Å²) in [4.78, 5) is 23.0. The number of carboxylic acid groups (broad SMARTS) is 1. The molecule has 0 heterocycles. The van der Waals surface area contributed by atoms with E-state index in [9.17, 15) is 9.59 Å². The van der Waals surface area contributed by atoms with Gasteiger partial charge < -0.3 is 15.2 Å². The van der Waals surface area contributed by atoms with E-state index in [0.717, 1.165) is 19.3 Å². The molecular weight excluding hydrogens is 246 g/mol. The zero-order valence-electron chi connectivity index (χ0n) is 10.6. The predicted molar refractivity (Wildman–Crippen MR) is 68.4 cm³/mol. The van der Waals surface area contributed by atoms with Crippen LogP contribution in [-0.2, 0) is 4.79 Å². The molecule has 0 aromatic heterocycles. The van der Waals surface area contributed by atoms with Crippen molar-refractivity contribution in [3.8, 4) is 5.75 Å². The van der Waals surface area contributed by atoms with Crippen molar-refractivity contribution < 1.29 is 19.4 Å². The van der Waals surface area contributed by atoms with Gasteiger partial charge in [0.15, 0.2) is 0 Å².